The van der Waals surface area contributed by atoms with Crippen LogP contribution in [-0.4, -0.2) is 86.9 Å². The standard InChI is InChI=1S/C18H24N4O4S2/c1-20-16(6-12-27(20,23)24)14-21-8-10-22(11-9-21)28(25,26)18-4-2-3-15-13-19-7-5-17(15)18/h2-5,7,13,16H,6,8-12,14H2,1H3. The average Bonchev–Trinajstić information content (AvgIpc) is 2.95. The van der Waals surface area contributed by atoms with E-state index in [0.29, 0.717) is 49.4 Å². The predicted octanol–water partition coefficient (Wildman–Crippen LogP) is 0.575. The van der Waals surface area contributed by atoms with Crippen molar-refractivity contribution in [1.82, 2.24) is 18.5 Å². The van der Waals surface area contributed by atoms with E-state index in [2.05, 4.69) is 9.88 Å². The Morgan fingerprint density at radius 1 is 1.14 bits per heavy atom. The Labute approximate surface area is 165 Å². The molecule has 4 rings (SSSR count). The van der Waals surface area contributed by atoms with Crippen LogP contribution in [0.25, 0.3) is 10.8 Å². The molecular weight excluding hydrogens is 400 g/mol. The zero-order valence-corrected chi connectivity index (χ0v) is 17.4. The quantitative estimate of drug-likeness (QED) is 0.713. The van der Waals surface area contributed by atoms with E-state index in [0.717, 1.165) is 5.39 Å². The molecule has 0 amide bonds. The van der Waals surface area contributed by atoms with Crippen molar-refractivity contribution in [2.45, 2.75) is 17.4 Å². The Balaban J connectivity index is 1.46. The van der Waals surface area contributed by atoms with Gasteiger partial charge < -0.3 is 0 Å². The highest BCUT2D eigenvalue weighted by atomic mass is 32.2. The van der Waals surface area contributed by atoms with Crippen LogP contribution in [0.1, 0.15) is 6.42 Å². The van der Waals surface area contributed by atoms with Gasteiger partial charge in [-0.15, -0.1) is 0 Å². The Morgan fingerprint density at radius 3 is 2.57 bits per heavy atom. The maximum Gasteiger partial charge on any atom is 0.243 e. The number of sulfonamides is 2. The van der Waals surface area contributed by atoms with Crippen molar-refractivity contribution in [1.29, 1.82) is 0 Å². The number of hydrogen-bond donors (Lipinski definition) is 0. The molecule has 1 aromatic heterocycles. The molecule has 2 fully saturated rings. The summed E-state index contributed by atoms with van der Waals surface area (Å²) in [5, 5.41) is 1.48. The summed E-state index contributed by atoms with van der Waals surface area (Å²) in [6, 6.07) is 6.94. The van der Waals surface area contributed by atoms with E-state index in [4.69, 9.17) is 0 Å². The molecule has 0 aliphatic carbocycles. The number of likely N-dealkylation sites (N-methyl/N-ethyl adjacent to an activating group) is 1. The third-order valence-electron chi connectivity index (χ3n) is 5.72. The first-order valence-electron chi connectivity index (χ1n) is 9.30. The lowest BCUT2D eigenvalue weighted by atomic mass is 10.2. The van der Waals surface area contributed by atoms with Crippen LogP contribution in [0.5, 0.6) is 0 Å². The summed E-state index contributed by atoms with van der Waals surface area (Å²) in [4.78, 5) is 6.52. The first kappa shape index (κ1) is 19.7. The molecule has 8 nitrogen and oxygen atoms in total. The van der Waals surface area contributed by atoms with Crippen LogP contribution in [0, 0.1) is 0 Å². The molecule has 1 unspecified atom stereocenters. The number of piperazine rings is 1. The monoisotopic (exact) mass is 424 g/mol. The zero-order chi connectivity index (χ0) is 19.9. The first-order chi connectivity index (χ1) is 13.3. The van der Waals surface area contributed by atoms with Crippen molar-refractivity contribution in [3.63, 3.8) is 0 Å². The largest absolute Gasteiger partial charge is 0.299 e. The molecule has 2 aliphatic heterocycles. The van der Waals surface area contributed by atoms with E-state index in [1.807, 2.05) is 6.07 Å². The fraction of sp³-hybridized carbons (Fsp3) is 0.500. The van der Waals surface area contributed by atoms with Gasteiger partial charge in [0.05, 0.1) is 10.6 Å². The number of hydrogen-bond acceptors (Lipinski definition) is 6. The molecule has 2 aliphatic rings. The first-order valence-corrected chi connectivity index (χ1v) is 12.3. The van der Waals surface area contributed by atoms with Gasteiger partial charge in [-0.05, 0) is 18.6 Å². The van der Waals surface area contributed by atoms with E-state index < -0.39 is 20.0 Å². The van der Waals surface area contributed by atoms with Crippen molar-refractivity contribution in [3.05, 3.63) is 36.7 Å². The van der Waals surface area contributed by atoms with Crippen molar-refractivity contribution < 1.29 is 16.8 Å². The van der Waals surface area contributed by atoms with E-state index in [1.165, 1.54) is 8.61 Å². The minimum atomic E-state index is -3.60. The third-order valence-corrected chi connectivity index (χ3v) is 9.60. The van der Waals surface area contributed by atoms with Crippen molar-refractivity contribution in [2.24, 2.45) is 0 Å². The smallest absolute Gasteiger partial charge is 0.243 e. The Morgan fingerprint density at radius 2 is 1.89 bits per heavy atom. The number of benzene rings is 1. The summed E-state index contributed by atoms with van der Waals surface area (Å²) in [5.41, 5.74) is 0. The average molecular weight is 425 g/mol. The summed E-state index contributed by atoms with van der Waals surface area (Å²) in [6.07, 6.45) is 3.89. The maximum absolute atomic E-state index is 13.2. The number of fused-ring (bicyclic) bond motifs is 1. The molecule has 0 N–H and O–H groups in total. The van der Waals surface area contributed by atoms with Crippen molar-refractivity contribution >= 4 is 30.8 Å². The summed E-state index contributed by atoms with van der Waals surface area (Å²) < 4.78 is 53.1. The van der Waals surface area contributed by atoms with Gasteiger partial charge in [-0.2, -0.15) is 4.31 Å². The van der Waals surface area contributed by atoms with Gasteiger partial charge in [-0.25, -0.2) is 21.1 Å². The lowest BCUT2D eigenvalue weighted by Crippen LogP contribution is -2.51. The fourth-order valence-electron chi connectivity index (χ4n) is 3.95. The Hall–Kier alpha value is -1.59. The maximum atomic E-state index is 13.2. The van der Waals surface area contributed by atoms with Gasteiger partial charge in [0.1, 0.15) is 0 Å². The van der Waals surface area contributed by atoms with E-state index >= 15 is 0 Å². The molecule has 10 heteroatoms. The van der Waals surface area contributed by atoms with E-state index in [-0.39, 0.29) is 11.8 Å². The molecule has 1 atom stereocenters. The van der Waals surface area contributed by atoms with Gasteiger partial charge in [0, 0.05) is 69.0 Å². The molecular formula is C18H24N4O4S2. The molecule has 0 saturated carbocycles. The summed E-state index contributed by atoms with van der Waals surface area (Å²) >= 11 is 0. The van der Waals surface area contributed by atoms with Gasteiger partial charge in [-0.3, -0.25) is 9.88 Å². The second kappa shape index (κ2) is 7.34. The summed E-state index contributed by atoms with van der Waals surface area (Å²) in [5.74, 6) is 0.193. The number of nitrogens with zero attached hydrogens (tertiary/aromatic N) is 4. The third kappa shape index (κ3) is 3.55. The van der Waals surface area contributed by atoms with Crippen LogP contribution in [0.15, 0.2) is 41.6 Å². The normalized spacial score (nSPS) is 24.7. The molecule has 0 bridgehead atoms. The van der Waals surface area contributed by atoms with Gasteiger partial charge >= 0.3 is 0 Å². The van der Waals surface area contributed by atoms with Crippen LogP contribution in [-0.2, 0) is 20.0 Å². The molecule has 2 aromatic rings. The van der Waals surface area contributed by atoms with Crippen LogP contribution in [0.3, 0.4) is 0 Å². The van der Waals surface area contributed by atoms with Gasteiger partial charge in [-0.1, -0.05) is 12.1 Å². The molecule has 152 valence electrons. The van der Waals surface area contributed by atoms with Crippen LogP contribution < -0.4 is 0 Å². The molecule has 0 spiro atoms. The molecule has 0 radical (unpaired) electrons. The molecule has 2 saturated heterocycles. The second-order valence-electron chi connectivity index (χ2n) is 7.33. The molecule has 3 heterocycles. The van der Waals surface area contributed by atoms with E-state index in [9.17, 15) is 16.8 Å². The number of aromatic nitrogens is 1. The molecule has 1 aromatic carbocycles. The summed E-state index contributed by atoms with van der Waals surface area (Å²) in [7, 11) is -5.09. The van der Waals surface area contributed by atoms with Gasteiger partial charge in [0.25, 0.3) is 0 Å². The van der Waals surface area contributed by atoms with Crippen molar-refractivity contribution in [3.8, 4) is 0 Å². The lowest BCUT2D eigenvalue weighted by Gasteiger charge is -2.36. The minimum absolute atomic E-state index is 0.0290. The Bertz CT molecular complexity index is 1070. The highest BCUT2D eigenvalue weighted by Gasteiger charge is 2.36. The minimum Gasteiger partial charge on any atom is -0.299 e. The SMILES string of the molecule is CN1C(CN2CCN(S(=O)(=O)c3cccc4cnccc34)CC2)CCS1(=O)=O. The van der Waals surface area contributed by atoms with Crippen LogP contribution >= 0.6 is 0 Å². The van der Waals surface area contributed by atoms with Crippen LogP contribution in [0.2, 0.25) is 0 Å². The number of rotatable bonds is 4. The zero-order valence-electron chi connectivity index (χ0n) is 15.7. The highest BCUT2D eigenvalue weighted by Crippen LogP contribution is 2.26. The number of pyridine rings is 1. The van der Waals surface area contributed by atoms with Gasteiger partial charge in [0.15, 0.2) is 0 Å². The predicted molar refractivity (Wildman–Crippen MR) is 107 cm³/mol. The highest BCUT2D eigenvalue weighted by molar-refractivity contribution is 7.89. The topological polar surface area (TPSA) is 90.9 Å². The van der Waals surface area contributed by atoms with Gasteiger partial charge in [0.2, 0.25) is 20.0 Å². The fourth-order valence-corrected chi connectivity index (χ4v) is 7.07. The molecule has 28 heavy (non-hydrogen) atoms. The van der Waals surface area contributed by atoms with E-state index in [1.54, 1.807) is 37.6 Å². The lowest BCUT2D eigenvalue weighted by molar-refractivity contribution is 0.160. The second-order valence-corrected chi connectivity index (χ2v) is 11.4. The van der Waals surface area contributed by atoms with Crippen molar-refractivity contribution in [2.75, 3.05) is 45.5 Å². The Kier molecular flexibility index (Phi) is 5.17. The summed E-state index contributed by atoms with van der Waals surface area (Å²) in [6.45, 7) is 2.62. The van der Waals surface area contributed by atoms with Crippen LogP contribution in [0.4, 0.5) is 0 Å².